The average molecular weight is 692 g/mol. The number of amides is 3. The Balaban J connectivity index is 1.80. The predicted octanol–water partition coefficient (Wildman–Crippen LogP) is 3.53. The number of alkyl carbamates (subject to hydrolysis) is 1. The highest BCUT2D eigenvalue weighted by molar-refractivity contribution is 6.35. The van der Waals surface area contributed by atoms with Crippen LogP contribution >= 0.6 is 11.6 Å². The first-order valence-electron chi connectivity index (χ1n) is 15.8. The molecule has 48 heavy (non-hydrogen) atoms. The number of esters is 1. The van der Waals surface area contributed by atoms with Crippen molar-refractivity contribution in [2.75, 3.05) is 33.2 Å². The zero-order valence-electron chi connectivity index (χ0n) is 28.9. The van der Waals surface area contributed by atoms with E-state index in [0.29, 0.717) is 17.9 Å². The lowest BCUT2D eigenvalue weighted by Crippen LogP contribution is -2.63. The van der Waals surface area contributed by atoms with Crippen molar-refractivity contribution in [1.29, 1.82) is 0 Å². The summed E-state index contributed by atoms with van der Waals surface area (Å²) in [5.41, 5.74) is -0.871. The van der Waals surface area contributed by atoms with Crippen LogP contribution in [0.2, 0.25) is 5.02 Å². The molecule has 13 nitrogen and oxygen atoms in total. The van der Waals surface area contributed by atoms with Gasteiger partial charge < -0.3 is 38.6 Å². The van der Waals surface area contributed by atoms with Gasteiger partial charge in [-0.2, -0.15) is 0 Å². The second-order valence-corrected chi connectivity index (χ2v) is 13.4. The summed E-state index contributed by atoms with van der Waals surface area (Å²) < 4.78 is 28.9. The van der Waals surface area contributed by atoms with Gasteiger partial charge >= 0.3 is 12.1 Å². The maximum absolute atomic E-state index is 14.0. The number of nitrogens with zero attached hydrogens (tertiary/aromatic N) is 2. The lowest BCUT2D eigenvalue weighted by molar-refractivity contribution is -0.161. The van der Waals surface area contributed by atoms with Crippen LogP contribution in [0.1, 0.15) is 53.0 Å². The van der Waals surface area contributed by atoms with E-state index in [-0.39, 0.29) is 23.8 Å². The zero-order chi connectivity index (χ0) is 35.7. The number of rotatable bonds is 5. The molecule has 2 N–H and O–H groups in total. The average Bonchev–Trinajstić information content (AvgIpc) is 3.73. The fourth-order valence-corrected chi connectivity index (χ4v) is 6.59. The molecule has 3 heterocycles. The normalized spacial score (nSPS) is 33.2. The van der Waals surface area contributed by atoms with Gasteiger partial charge in [0.15, 0.2) is 5.72 Å². The highest BCUT2D eigenvalue weighted by Gasteiger charge is 2.64. The van der Waals surface area contributed by atoms with E-state index >= 15 is 0 Å². The Morgan fingerprint density at radius 3 is 2.56 bits per heavy atom. The van der Waals surface area contributed by atoms with Gasteiger partial charge in [-0.1, -0.05) is 42.3 Å². The lowest BCUT2D eigenvalue weighted by atomic mass is 9.83. The van der Waals surface area contributed by atoms with Crippen LogP contribution in [0.3, 0.4) is 0 Å². The smallest absolute Gasteiger partial charge is 0.409 e. The minimum atomic E-state index is -1.81. The molecule has 8 atom stereocenters. The van der Waals surface area contributed by atoms with Crippen LogP contribution in [0.25, 0.3) is 0 Å². The van der Waals surface area contributed by atoms with E-state index in [9.17, 15) is 24.3 Å². The number of epoxide rings is 1. The van der Waals surface area contributed by atoms with Gasteiger partial charge in [0.05, 0.1) is 25.3 Å². The molecule has 14 heteroatoms. The van der Waals surface area contributed by atoms with Crippen molar-refractivity contribution in [2.45, 2.75) is 95.7 Å². The third-order valence-electron chi connectivity index (χ3n) is 9.63. The number of ether oxygens (including phenoxy) is 5. The monoisotopic (exact) mass is 691 g/mol. The molecule has 4 bridgehead atoms. The quantitative estimate of drug-likeness (QED) is 0.346. The Bertz CT molecular complexity index is 1500. The second-order valence-electron chi connectivity index (χ2n) is 13.0. The first-order valence-corrected chi connectivity index (χ1v) is 16.2. The SMILES string of the molecule is COc1cc2cc(c1Cl)N(C)C(=O)C[C@H](OC(=O)[C@@H](C)N(C)C(C)=O)[C@@]1(C)O[C@@H]1[C@H](C)[C@@H]1C[C@](O)(NC(=O)O1)[C@H](OC)/C=C/C=C(/C)C2. The molecule has 264 valence electrons. The summed E-state index contributed by atoms with van der Waals surface area (Å²) in [4.78, 5) is 54.7. The molecule has 0 spiro atoms. The van der Waals surface area contributed by atoms with E-state index in [2.05, 4.69) is 5.32 Å². The van der Waals surface area contributed by atoms with Crippen molar-refractivity contribution in [3.05, 3.63) is 46.5 Å². The number of nitrogens with one attached hydrogen (secondary N) is 1. The van der Waals surface area contributed by atoms with E-state index in [4.69, 9.17) is 35.3 Å². The Morgan fingerprint density at radius 1 is 1.25 bits per heavy atom. The summed E-state index contributed by atoms with van der Waals surface area (Å²) in [6, 6.07) is 2.63. The van der Waals surface area contributed by atoms with Crippen molar-refractivity contribution >= 4 is 41.2 Å². The van der Waals surface area contributed by atoms with E-state index < -0.39 is 65.7 Å². The molecule has 3 amide bonds. The van der Waals surface area contributed by atoms with Crippen molar-refractivity contribution in [3.63, 3.8) is 0 Å². The highest BCUT2D eigenvalue weighted by Crippen LogP contribution is 2.49. The summed E-state index contributed by atoms with van der Waals surface area (Å²) >= 11 is 6.71. The Kier molecular flexibility index (Phi) is 11.2. The largest absolute Gasteiger partial charge is 0.495 e. The molecule has 2 fully saturated rings. The molecule has 2 saturated heterocycles. The molecule has 0 aliphatic carbocycles. The number of benzene rings is 1. The molecular weight excluding hydrogens is 646 g/mol. The van der Waals surface area contributed by atoms with Crippen LogP contribution < -0.4 is 15.0 Å². The maximum atomic E-state index is 14.0. The highest BCUT2D eigenvalue weighted by atomic mass is 35.5. The number of carbonyl (C=O) groups is 4. The summed E-state index contributed by atoms with van der Waals surface area (Å²) in [5.74, 6) is -1.63. The number of allylic oxidation sites excluding steroid dienone is 3. The molecular formula is C34H46ClN3O10. The van der Waals surface area contributed by atoms with Gasteiger partial charge in [0, 0.05) is 40.5 Å². The van der Waals surface area contributed by atoms with E-state index in [1.165, 1.54) is 44.9 Å². The van der Waals surface area contributed by atoms with Crippen molar-refractivity contribution in [3.8, 4) is 5.75 Å². The summed E-state index contributed by atoms with van der Waals surface area (Å²) in [6.45, 7) is 8.29. The number of aliphatic hydroxyl groups is 1. The van der Waals surface area contributed by atoms with Gasteiger partial charge in [0.1, 0.15) is 40.7 Å². The Hall–Kier alpha value is -3.65. The van der Waals surface area contributed by atoms with Gasteiger partial charge in [-0.15, -0.1) is 0 Å². The molecule has 4 rings (SSSR count). The molecule has 1 aromatic carbocycles. The predicted molar refractivity (Wildman–Crippen MR) is 177 cm³/mol. The van der Waals surface area contributed by atoms with Gasteiger partial charge in [-0.3, -0.25) is 14.9 Å². The molecule has 3 aliphatic rings. The van der Waals surface area contributed by atoms with Crippen LogP contribution in [0, 0.1) is 5.92 Å². The Morgan fingerprint density at radius 2 is 1.94 bits per heavy atom. The van der Waals surface area contributed by atoms with Crippen LogP contribution in [0.4, 0.5) is 10.5 Å². The number of hydrogen-bond donors (Lipinski definition) is 2. The van der Waals surface area contributed by atoms with Crippen LogP contribution in [0.15, 0.2) is 35.9 Å². The molecule has 0 saturated carbocycles. The van der Waals surface area contributed by atoms with Crippen molar-refractivity contribution in [2.24, 2.45) is 5.92 Å². The summed E-state index contributed by atoms with van der Waals surface area (Å²) in [5, 5.41) is 14.4. The maximum Gasteiger partial charge on any atom is 0.409 e. The molecule has 0 radical (unpaired) electrons. The summed E-state index contributed by atoms with van der Waals surface area (Å²) in [7, 11) is 5.97. The number of methoxy groups -OCH3 is 2. The zero-order valence-corrected chi connectivity index (χ0v) is 29.6. The minimum Gasteiger partial charge on any atom is -0.495 e. The third-order valence-corrected chi connectivity index (χ3v) is 10.0. The van der Waals surface area contributed by atoms with Gasteiger partial charge in [0.2, 0.25) is 11.8 Å². The third kappa shape index (κ3) is 7.64. The number of hydrogen-bond acceptors (Lipinski definition) is 10. The minimum absolute atomic E-state index is 0.0436. The van der Waals surface area contributed by atoms with Gasteiger partial charge in [-0.05, 0) is 44.9 Å². The first kappa shape index (κ1) is 37.2. The number of likely N-dealkylation sites (N-methyl/N-ethyl adjacent to an activating group) is 1. The Labute approximate surface area is 286 Å². The van der Waals surface area contributed by atoms with E-state index in [1.54, 1.807) is 45.2 Å². The number of halogens is 1. The number of fused-ring (bicyclic) bond motifs is 5. The van der Waals surface area contributed by atoms with Crippen LogP contribution in [-0.4, -0.2) is 104 Å². The standard InChI is InChI=1S/C34H46ClN3O10/c1-18-11-10-12-26(45-9)34(43)17-25(46-32(42)36-34)19(2)30-33(5,48-30)27(47-31(41)20(3)37(6)21(4)39)16-28(40)38(7)23-14-22(13-18)15-24(44-8)29(23)35/h10-12,14-15,19-20,25-27,30,43H,13,16-17H2,1-9H3,(H,36,42)/b12-10+,18-11-/t19-,20-,25+,26-,27+,30-,33-,34-/m1/s1. The van der Waals surface area contributed by atoms with Crippen LogP contribution in [0.5, 0.6) is 5.75 Å². The number of carbonyl (C=O) groups excluding carboxylic acids is 4. The fourth-order valence-electron chi connectivity index (χ4n) is 6.27. The van der Waals surface area contributed by atoms with Crippen molar-refractivity contribution < 1.29 is 48.0 Å². The molecule has 0 unspecified atom stereocenters. The second kappa shape index (κ2) is 14.5. The first-order chi connectivity index (χ1) is 22.4. The molecule has 0 aromatic heterocycles. The summed E-state index contributed by atoms with van der Waals surface area (Å²) in [6.07, 6.45) is 1.02. The molecule has 3 aliphatic heterocycles. The van der Waals surface area contributed by atoms with Gasteiger partial charge in [0.25, 0.3) is 0 Å². The number of anilines is 1. The van der Waals surface area contributed by atoms with E-state index in [1.807, 2.05) is 13.0 Å². The topological polar surface area (TPSA) is 156 Å². The fraction of sp³-hybridized carbons (Fsp3) is 0.588. The van der Waals surface area contributed by atoms with Gasteiger partial charge in [-0.25, -0.2) is 9.59 Å². The van der Waals surface area contributed by atoms with Crippen molar-refractivity contribution in [1.82, 2.24) is 10.2 Å². The molecule has 1 aromatic rings. The van der Waals surface area contributed by atoms with E-state index in [0.717, 1.165) is 11.1 Å². The van der Waals surface area contributed by atoms with Crippen LogP contribution in [-0.2, 0) is 39.8 Å². The lowest BCUT2D eigenvalue weighted by Gasteiger charge is -2.42.